The lowest BCUT2D eigenvalue weighted by Gasteiger charge is -2.16. The Morgan fingerprint density at radius 2 is 2.06 bits per heavy atom. The number of aryl methyl sites for hydroxylation is 2. The minimum Gasteiger partial charge on any atom is -0.310 e. The Bertz CT molecular complexity index is 465. The third-order valence-electron chi connectivity index (χ3n) is 2.91. The molecule has 2 heterocycles. The molecule has 0 fully saturated rings. The Labute approximate surface area is 107 Å². The van der Waals surface area contributed by atoms with Crippen LogP contribution in [0.4, 0.5) is 0 Å². The molecule has 1 N–H and O–H groups in total. The van der Waals surface area contributed by atoms with E-state index in [0.717, 1.165) is 24.9 Å². The van der Waals surface area contributed by atoms with E-state index in [9.17, 15) is 0 Å². The molecule has 2 aromatic heterocycles. The number of hydrogen-bond donors (Lipinski definition) is 1. The maximum absolute atomic E-state index is 4.18. The smallest absolute Gasteiger partial charge is 0.115 e. The Morgan fingerprint density at radius 1 is 1.28 bits per heavy atom. The summed E-state index contributed by atoms with van der Waals surface area (Å²) in [6.45, 7) is 3.05. The van der Waals surface area contributed by atoms with Gasteiger partial charge in [-0.2, -0.15) is 5.10 Å². The van der Waals surface area contributed by atoms with Gasteiger partial charge in [-0.25, -0.2) is 9.97 Å². The van der Waals surface area contributed by atoms with Gasteiger partial charge in [-0.15, -0.1) is 0 Å². The molecule has 1 unspecified atom stereocenters. The maximum atomic E-state index is 4.18. The van der Waals surface area contributed by atoms with Crippen molar-refractivity contribution >= 4 is 0 Å². The number of nitrogens with one attached hydrogen (secondary N) is 1. The number of hydrogen-bond acceptors (Lipinski definition) is 4. The first-order valence-corrected chi connectivity index (χ1v) is 6.25. The molecule has 0 spiro atoms. The van der Waals surface area contributed by atoms with E-state index in [1.807, 2.05) is 30.3 Å². The summed E-state index contributed by atoms with van der Waals surface area (Å²) in [5.74, 6) is 0. The number of nitrogens with zero attached hydrogens (tertiary/aromatic N) is 4. The van der Waals surface area contributed by atoms with Crippen molar-refractivity contribution in [2.75, 3.05) is 6.54 Å². The topological polar surface area (TPSA) is 55.6 Å². The molecule has 0 aromatic carbocycles. The molecule has 0 amide bonds. The summed E-state index contributed by atoms with van der Waals surface area (Å²) in [6, 6.07) is 0.302. The third-order valence-corrected chi connectivity index (χ3v) is 2.91. The van der Waals surface area contributed by atoms with Gasteiger partial charge in [-0.1, -0.05) is 6.92 Å². The molecule has 2 aromatic rings. The first kappa shape index (κ1) is 12.7. The monoisotopic (exact) mass is 245 g/mol. The molecule has 0 bridgehead atoms. The molecule has 0 aliphatic carbocycles. The van der Waals surface area contributed by atoms with Crippen molar-refractivity contribution in [3.8, 4) is 0 Å². The van der Waals surface area contributed by atoms with Crippen LogP contribution in [0.1, 0.15) is 30.5 Å². The maximum Gasteiger partial charge on any atom is 0.115 e. The number of aromatic nitrogens is 4. The molecule has 5 nitrogen and oxygen atoms in total. The molecule has 0 saturated carbocycles. The molecule has 5 heteroatoms. The van der Waals surface area contributed by atoms with Crippen molar-refractivity contribution in [1.82, 2.24) is 25.1 Å². The summed E-state index contributed by atoms with van der Waals surface area (Å²) in [7, 11) is 1.94. The van der Waals surface area contributed by atoms with E-state index in [-0.39, 0.29) is 0 Å². The highest BCUT2D eigenvalue weighted by atomic mass is 15.2. The Morgan fingerprint density at radius 3 is 2.67 bits per heavy atom. The minimum atomic E-state index is 0.302. The molecule has 96 valence electrons. The second kappa shape index (κ2) is 6.26. The average Bonchev–Trinajstić information content (AvgIpc) is 2.81. The zero-order valence-corrected chi connectivity index (χ0v) is 10.9. The van der Waals surface area contributed by atoms with Crippen molar-refractivity contribution in [2.24, 2.45) is 7.05 Å². The number of rotatable bonds is 6. The fraction of sp³-hybridized carbons (Fsp3) is 0.462. The van der Waals surface area contributed by atoms with Crippen LogP contribution in [0.2, 0.25) is 0 Å². The zero-order valence-electron chi connectivity index (χ0n) is 10.9. The first-order chi connectivity index (χ1) is 8.79. The molecule has 0 radical (unpaired) electrons. The highest BCUT2D eigenvalue weighted by molar-refractivity contribution is 5.11. The zero-order chi connectivity index (χ0) is 12.8. The van der Waals surface area contributed by atoms with Crippen LogP contribution in [0.15, 0.2) is 31.1 Å². The summed E-state index contributed by atoms with van der Waals surface area (Å²) in [6.07, 6.45) is 11.3. The van der Waals surface area contributed by atoms with Crippen LogP contribution < -0.4 is 5.32 Å². The molecular formula is C13H19N5. The molecule has 0 aliphatic heterocycles. The van der Waals surface area contributed by atoms with E-state index in [2.05, 4.69) is 33.5 Å². The van der Waals surface area contributed by atoms with E-state index >= 15 is 0 Å². The van der Waals surface area contributed by atoms with Gasteiger partial charge in [0.2, 0.25) is 0 Å². The lowest BCUT2D eigenvalue weighted by atomic mass is 10.0. The molecule has 2 rings (SSSR count). The van der Waals surface area contributed by atoms with Crippen molar-refractivity contribution in [2.45, 2.75) is 25.8 Å². The van der Waals surface area contributed by atoms with Crippen LogP contribution in [0, 0.1) is 0 Å². The van der Waals surface area contributed by atoms with Gasteiger partial charge < -0.3 is 5.32 Å². The Kier molecular flexibility index (Phi) is 4.41. The van der Waals surface area contributed by atoms with Crippen LogP contribution >= 0.6 is 0 Å². The molecular weight excluding hydrogens is 226 g/mol. The normalized spacial score (nSPS) is 12.6. The standard InChI is InChI=1S/C13H19N5/c1-3-16-13(12-7-14-10-15-8-12)5-4-11-6-17-18(2)9-11/h6-10,13,16H,3-5H2,1-2H3. The highest BCUT2D eigenvalue weighted by Gasteiger charge is 2.11. The predicted octanol–water partition coefficient (Wildman–Crippen LogP) is 1.49. The van der Waals surface area contributed by atoms with Gasteiger partial charge in [-0.05, 0) is 24.9 Å². The largest absolute Gasteiger partial charge is 0.310 e. The molecule has 1 atom stereocenters. The molecule has 18 heavy (non-hydrogen) atoms. The SMILES string of the molecule is CCNC(CCc1cnn(C)c1)c1cncnc1. The summed E-state index contributed by atoms with van der Waals surface area (Å²) in [5, 5.41) is 7.65. The quantitative estimate of drug-likeness (QED) is 0.838. The van der Waals surface area contributed by atoms with Gasteiger partial charge in [0.25, 0.3) is 0 Å². The van der Waals surface area contributed by atoms with Crippen LogP contribution in [0.3, 0.4) is 0 Å². The Hall–Kier alpha value is -1.75. The van der Waals surface area contributed by atoms with Gasteiger partial charge in [-0.3, -0.25) is 4.68 Å². The summed E-state index contributed by atoms with van der Waals surface area (Å²) >= 11 is 0. The second-order valence-electron chi connectivity index (χ2n) is 4.34. The predicted molar refractivity (Wildman–Crippen MR) is 70.0 cm³/mol. The van der Waals surface area contributed by atoms with Gasteiger partial charge >= 0.3 is 0 Å². The van der Waals surface area contributed by atoms with E-state index in [4.69, 9.17) is 0 Å². The van der Waals surface area contributed by atoms with E-state index in [1.165, 1.54) is 5.56 Å². The van der Waals surface area contributed by atoms with E-state index in [0.29, 0.717) is 6.04 Å². The third kappa shape index (κ3) is 3.37. The highest BCUT2D eigenvalue weighted by Crippen LogP contribution is 2.17. The lowest BCUT2D eigenvalue weighted by molar-refractivity contribution is 0.512. The van der Waals surface area contributed by atoms with Crippen molar-refractivity contribution in [3.05, 3.63) is 42.2 Å². The van der Waals surface area contributed by atoms with Crippen LogP contribution in [0.25, 0.3) is 0 Å². The lowest BCUT2D eigenvalue weighted by Crippen LogP contribution is -2.21. The summed E-state index contributed by atoms with van der Waals surface area (Å²) in [5.41, 5.74) is 2.40. The van der Waals surface area contributed by atoms with Crippen molar-refractivity contribution in [3.63, 3.8) is 0 Å². The second-order valence-corrected chi connectivity index (χ2v) is 4.34. The van der Waals surface area contributed by atoms with E-state index in [1.54, 1.807) is 6.33 Å². The summed E-state index contributed by atoms with van der Waals surface area (Å²) < 4.78 is 1.84. The summed E-state index contributed by atoms with van der Waals surface area (Å²) in [4.78, 5) is 8.16. The van der Waals surface area contributed by atoms with Crippen LogP contribution in [0.5, 0.6) is 0 Å². The fourth-order valence-corrected chi connectivity index (χ4v) is 2.04. The minimum absolute atomic E-state index is 0.302. The van der Waals surface area contributed by atoms with Gasteiger partial charge in [0, 0.05) is 37.2 Å². The van der Waals surface area contributed by atoms with Gasteiger partial charge in [0.05, 0.1) is 6.20 Å². The Balaban J connectivity index is 1.98. The van der Waals surface area contributed by atoms with Crippen LogP contribution in [-0.2, 0) is 13.5 Å². The van der Waals surface area contributed by atoms with Crippen molar-refractivity contribution < 1.29 is 0 Å². The van der Waals surface area contributed by atoms with Crippen molar-refractivity contribution in [1.29, 1.82) is 0 Å². The van der Waals surface area contributed by atoms with Crippen LogP contribution in [-0.4, -0.2) is 26.3 Å². The molecule has 0 saturated heterocycles. The van der Waals surface area contributed by atoms with Gasteiger partial charge in [0.1, 0.15) is 6.33 Å². The first-order valence-electron chi connectivity index (χ1n) is 6.25. The van der Waals surface area contributed by atoms with E-state index < -0.39 is 0 Å². The molecule has 0 aliphatic rings. The average molecular weight is 245 g/mol. The van der Waals surface area contributed by atoms with Gasteiger partial charge in [0.15, 0.2) is 0 Å². The fourth-order valence-electron chi connectivity index (χ4n) is 2.04.